The second kappa shape index (κ2) is 9.86. The molecular weight excluding hydrogens is 342 g/mol. The van der Waals surface area contributed by atoms with Gasteiger partial charge in [0.05, 0.1) is 20.3 Å². The lowest BCUT2D eigenvalue weighted by atomic mass is 10.0. The largest absolute Gasteiger partial charge is 0.493 e. The summed E-state index contributed by atoms with van der Waals surface area (Å²) in [6.45, 7) is 5.86. The molecular formula is C22H29NO4. The molecule has 0 aromatic heterocycles. The van der Waals surface area contributed by atoms with Crippen LogP contribution in [-0.4, -0.2) is 26.2 Å². The number of methoxy groups -OCH3 is 2. The van der Waals surface area contributed by atoms with Crippen molar-refractivity contribution in [2.75, 3.05) is 14.2 Å². The van der Waals surface area contributed by atoms with Gasteiger partial charge in [-0.1, -0.05) is 38.1 Å². The smallest absolute Gasteiger partial charge is 0.261 e. The third-order valence-corrected chi connectivity index (χ3v) is 4.56. The monoisotopic (exact) mass is 371 g/mol. The third kappa shape index (κ3) is 5.16. The van der Waals surface area contributed by atoms with Gasteiger partial charge < -0.3 is 19.5 Å². The number of ether oxygens (including phenoxy) is 3. The highest BCUT2D eigenvalue weighted by atomic mass is 16.5. The van der Waals surface area contributed by atoms with Gasteiger partial charge in [0.2, 0.25) is 0 Å². The van der Waals surface area contributed by atoms with Gasteiger partial charge in [-0.2, -0.15) is 0 Å². The normalized spacial score (nSPS) is 12.8. The molecule has 2 atom stereocenters. The molecule has 0 saturated heterocycles. The summed E-state index contributed by atoms with van der Waals surface area (Å²) >= 11 is 0. The quantitative estimate of drug-likeness (QED) is 0.714. The van der Waals surface area contributed by atoms with Gasteiger partial charge in [-0.15, -0.1) is 0 Å². The van der Waals surface area contributed by atoms with E-state index in [9.17, 15) is 4.79 Å². The molecule has 1 amide bonds. The molecule has 1 N–H and O–H groups in total. The Balaban J connectivity index is 2.10. The van der Waals surface area contributed by atoms with Gasteiger partial charge in [0.25, 0.3) is 5.91 Å². The Morgan fingerprint density at radius 3 is 2.33 bits per heavy atom. The van der Waals surface area contributed by atoms with E-state index in [0.29, 0.717) is 11.5 Å². The number of carbonyl (C=O) groups excluding carboxylic acids is 1. The maximum atomic E-state index is 12.7. The van der Waals surface area contributed by atoms with E-state index in [2.05, 4.69) is 12.2 Å². The summed E-state index contributed by atoms with van der Waals surface area (Å²) in [6, 6.07) is 13.3. The van der Waals surface area contributed by atoms with Crippen LogP contribution in [0.15, 0.2) is 42.5 Å². The van der Waals surface area contributed by atoms with Gasteiger partial charge in [-0.3, -0.25) is 4.79 Å². The van der Waals surface area contributed by atoms with Crippen LogP contribution >= 0.6 is 0 Å². The topological polar surface area (TPSA) is 56.8 Å². The van der Waals surface area contributed by atoms with Crippen molar-refractivity contribution in [1.29, 1.82) is 0 Å². The van der Waals surface area contributed by atoms with Crippen molar-refractivity contribution in [1.82, 2.24) is 5.32 Å². The van der Waals surface area contributed by atoms with E-state index in [0.717, 1.165) is 29.7 Å². The molecule has 5 nitrogen and oxygen atoms in total. The highest BCUT2D eigenvalue weighted by molar-refractivity contribution is 5.81. The number of rotatable bonds is 9. The molecule has 27 heavy (non-hydrogen) atoms. The fourth-order valence-corrected chi connectivity index (χ4v) is 2.93. The number of benzene rings is 2. The van der Waals surface area contributed by atoms with Gasteiger partial charge in [-0.05, 0) is 49.1 Å². The number of hydrogen-bond acceptors (Lipinski definition) is 4. The number of nitrogens with one attached hydrogen (secondary N) is 1. The van der Waals surface area contributed by atoms with Crippen LogP contribution in [0, 0.1) is 0 Å². The van der Waals surface area contributed by atoms with Crippen LogP contribution in [0.2, 0.25) is 0 Å². The fraction of sp³-hybridized carbons (Fsp3) is 0.409. The maximum absolute atomic E-state index is 12.7. The summed E-state index contributed by atoms with van der Waals surface area (Å²) in [4.78, 5) is 12.7. The Hall–Kier alpha value is -2.69. The standard InChI is InChI=1S/C22H29NO4/c1-6-16-10-8-9-11-19(16)27-15(3)22(24)23-18(7-2)17-12-13-20(25-4)21(14-17)26-5/h8-15,18H,6-7H2,1-5H3,(H,23,24)/t15-,18+/m1/s1. The van der Waals surface area contributed by atoms with Gasteiger partial charge in [0.1, 0.15) is 5.75 Å². The Kier molecular flexibility index (Phi) is 7.53. The molecule has 2 aromatic carbocycles. The summed E-state index contributed by atoms with van der Waals surface area (Å²) in [5.74, 6) is 1.91. The second-order valence-electron chi connectivity index (χ2n) is 6.31. The van der Waals surface area contributed by atoms with Gasteiger partial charge in [-0.25, -0.2) is 0 Å². The minimum atomic E-state index is -0.591. The number of hydrogen-bond donors (Lipinski definition) is 1. The fourth-order valence-electron chi connectivity index (χ4n) is 2.93. The minimum absolute atomic E-state index is 0.134. The lowest BCUT2D eigenvalue weighted by Crippen LogP contribution is -2.38. The second-order valence-corrected chi connectivity index (χ2v) is 6.31. The van der Waals surface area contributed by atoms with E-state index in [1.54, 1.807) is 21.1 Å². The first-order valence-corrected chi connectivity index (χ1v) is 9.30. The number of para-hydroxylation sites is 1. The molecule has 0 unspecified atom stereocenters. The predicted octanol–water partition coefficient (Wildman–Crippen LogP) is 4.30. The lowest BCUT2D eigenvalue weighted by Gasteiger charge is -2.22. The molecule has 0 spiro atoms. The average molecular weight is 371 g/mol. The molecule has 2 aromatic rings. The van der Waals surface area contributed by atoms with Gasteiger partial charge in [0.15, 0.2) is 17.6 Å². The molecule has 0 aliphatic heterocycles. The van der Waals surface area contributed by atoms with Crippen LogP contribution in [0.5, 0.6) is 17.2 Å². The molecule has 0 radical (unpaired) electrons. The maximum Gasteiger partial charge on any atom is 0.261 e. The van der Waals surface area contributed by atoms with Crippen molar-refractivity contribution in [2.24, 2.45) is 0 Å². The zero-order chi connectivity index (χ0) is 19.8. The van der Waals surface area contributed by atoms with E-state index >= 15 is 0 Å². The molecule has 0 heterocycles. The van der Waals surface area contributed by atoms with E-state index in [-0.39, 0.29) is 11.9 Å². The van der Waals surface area contributed by atoms with E-state index in [1.807, 2.05) is 49.4 Å². The Bertz CT molecular complexity index is 760. The summed E-state index contributed by atoms with van der Waals surface area (Å²) in [6.07, 6.45) is 1.01. The van der Waals surface area contributed by atoms with E-state index in [4.69, 9.17) is 14.2 Å². The average Bonchev–Trinajstić information content (AvgIpc) is 2.71. The van der Waals surface area contributed by atoms with Crippen molar-refractivity contribution in [2.45, 2.75) is 45.8 Å². The highest BCUT2D eigenvalue weighted by Crippen LogP contribution is 2.31. The third-order valence-electron chi connectivity index (χ3n) is 4.56. The van der Waals surface area contributed by atoms with Crippen molar-refractivity contribution in [3.63, 3.8) is 0 Å². The summed E-state index contributed by atoms with van der Waals surface area (Å²) in [7, 11) is 3.20. The molecule has 0 aliphatic rings. The SMILES string of the molecule is CCc1ccccc1O[C@H](C)C(=O)N[C@@H](CC)c1ccc(OC)c(OC)c1. The Morgan fingerprint density at radius 1 is 1.00 bits per heavy atom. The number of carbonyl (C=O) groups is 1. The van der Waals surface area contributed by atoms with Crippen molar-refractivity contribution >= 4 is 5.91 Å². The van der Waals surface area contributed by atoms with Crippen molar-refractivity contribution < 1.29 is 19.0 Å². The first-order valence-electron chi connectivity index (χ1n) is 9.30. The van der Waals surface area contributed by atoms with E-state index < -0.39 is 6.10 Å². The molecule has 0 bridgehead atoms. The molecule has 146 valence electrons. The predicted molar refractivity (Wildman–Crippen MR) is 107 cm³/mol. The first-order chi connectivity index (χ1) is 13.0. The molecule has 0 saturated carbocycles. The number of aryl methyl sites for hydroxylation is 1. The minimum Gasteiger partial charge on any atom is -0.493 e. The van der Waals surface area contributed by atoms with Crippen molar-refractivity contribution in [3.8, 4) is 17.2 Å². The zero-order valence-electron chi connectivity index (χ0n) is 16.7. The summed E-state index contributed by atoms with van der Waals surface area (Å²) in [5.41, 5.74) is 2.05. The van der Waals surface area contributed by atoms with Gasteiger partial charge >= 0.3 is 0 Å². The first kappa shape index (κ1) is 20.6. The van der Waals surface area contributed by atoms with Crippen LogP contribution in [-0.2, 0) is 11.2 Å². The molecule has 0 aliphatic carbocycles. The zero-order valence-corrected chi connectivity index (χ0v) is 16.7. The summed E-state index contributed by atoms with van der Waals surface area (Å²) in [5, 5.41) is 3.07. The Morgan fingerprint density at radius 2 is 1.70 bits per heavy atom. The van der Waals surface area contributed by atoms with Crippen LogP contribution in [0.3, 0.4) is 0 Å². The molecule has 0 fully saturated rings. The number of amides is 1. The van der Waals surface area contributed by atoms with Crippen molar-refractivity contribution in [3.05, 3.63) is 53.6 Å². The summed E-state index contributed by atoms with van der Waals surface area (Å²) < 4.78 is 16.5. The van der Waals surface area contributed by atoms with Crippen LogP contribution < -0.4 is 19.5 Å². The van der Waals surface area contributed by atoms with Gasteiger partial charge in [0, 0.05) is 0 Å². The van der Waals surface area contributed by atoms with Crippen LogP contribution in [0.25, 0.3) is 0 Å². The van der Waals surface area contributed by atoms with E-state index in [1.165, 1.54) is 0 Å². The highest BCUT2D eigenvalue weighted by Gasteiger charge is 2.21. The Labute approximate surface area is 161 Å². The van der Waals surface area contributed by atoms with Crippen LogP contribution in [0.4, 0.5) is 0 Å². The molecule has 5 heteroatoms. The molecule has 2 rings (SSSR count). The van der Waals surface area contributed by atoms with Crippen LogP contribution in [0.1, 0.15) is 44.4 Å². The lowest BCUT2D eigenvalue weighted by molar-refractivity contribution is -0.128.